The SMILES string of the molecule is NC(=O)CC(N)C(=O)Nc1ccc([N+](=O)[O-])cc1. The lowest BCUT2D eigenvalue weighted by molar-refractivity contribution is -0.384. The molecule has 0 spiro atoms. The van der Waals surface area contributed by atoms with E-state index in [4.69, 9.17) is 11.5 Å². The van der Waals surface area contributed by atoms with E-state index in [0.717, 1.165) is 0 Å². The average Bonchev–Trinajstić information content (AvgIpc) is 2.28. The molecule has 0 aliphatic carbocycles. The number of nitrogens with one attached hydrogen (secondary N) is 1. The Morgan fingerprint density at radius 2 is 1.89 bits per heavy atom. The van der Waals surface area contributed by atoms with Crippen molar-refractivity contribution in [2.75, 3.05) is 5.32 Å². The van der Waals surface area contributed by atoms with Gasteiger partial charge in [0, 0.05) is 17.8 Å². The number of nitrogens with zero attached hydrogens (tertiary/aromatic N) is 1. The van der Waals surface area contributed by atoms with Crippen LogP contribution in [0.25, 0.3) is 0 Å². The molecule has 8 nitrogen and oxygen atoms in total. The standard InChI is InChI=1S/C10H12N4O4/c11-8(5-9(12)15)10(16)13-6-1-3-7(4-2-6)14(17)18/h1-4,8H,5,11H2,(H2,12,15)(H,13,16). The normalized spacial score (nSPS) is 11.6. The molecule has 8 heteroatoms. The van der Waals surface area contributed by atoms with Crippen LogP contribution in [0.1, 0.15) is 6.42 Å². The van der Waals surface area contributed by atoms with Gasteiger partial charge in [-0.15, -0.1) is 0 Å². The van der Waals surface area contributed by atoms with E-state index >= 15 is 0 Å². The fraction of sp³-hybridized carbons (Fsp3) is 0.200. The zero-order valence-electron chi connectivity index (χ0n) is 9.33. The van der Waals surface area contributed by atoms with Crippen molar-refractivity contribution in [3.63, 3.8) is 0 Å². The molecule has 1 unspecified atom stereocenters. The van der Waals surface area contributed by atoms with Gasteiger partial charge in [-0.2, -0.15) is 0 Å². The van der Waals surface area contributed by atoms with Gasteiger partial charge in [0.2, 0.25) is 11.8 Å². The summed E-state index contributed by atoms with van der Waals surface area (Å²) >= 11 is 0. The molecule has 1 rings (SSSR count). The summed E-state index contributed by atoms with van der Waals surface area (Å²) in [5.74, 6) is -1.26. The molecule has 0 saturated carbocycles. The second kappa shape index (κ2) is 5.73. The van der Waals surface area contributed by atoms with E-state index in [1.54, 1.807) is 0 Å². The summed E-state index contributed by atoms with van der Waals surface area (Å²) in [5, 5.41) is 12.8. The van der Waals surface area contributed by atoms with Crippen LogP contribution in [0.15, 0.2) is 24.3 Å². The van der Waals surface area contributed by atoms with Gasteiger partial charge in [-0.05, 0) is 12.1 Å². The Balaban J connectivity index is 2.64. The molecular formula is C10H12N4O4. The summed E-state index contributed by atoms with van der Waals surface area (Å²) in [7, 11) is 0. The van der Waals surface area contributed by atoms with Crippen LogP contribution >= 0.6 is 0 Å². The minimum Gasteiger partial charge on any atom is -0.370 e. The lowest BCUT2D eigenvalue weighted by Crippen LogP contribution is -2.38. The molecule has 0 radical (unpaired) electrons. The Hall–Kier alpha value is -2.48. The number of hydrogen-bond donors (Lipinski definition) is 3. The molecule has 0 aliphatic heterocycles. The molecule has 1 aromatic carbocycles. The number of hydrogen-bond acceptors (Lipinski definition) is 5. The Kier molecular flexibility index (Phi) is 4.33. The third-order valence-electron chi connectivity index (χ3n) is 2.10. The molecule has 0 bridgehead atoms. The summed E-state index contributed by atoms with van der Waals surface area (Å²) < 4.78 is 0. The second-order valence-corrected chi connectivity index (χ2v) is 3.57. The summed E-state index contributed by atoms with van der Waals surface area (Å²) in [6.07, 6.45) is -0.265. The molecule has 0 saturated heterocycles. The molecular weight excluding hydrogens is 240 g/mol. The average molecular weight is 252 g/mol. The maximum atomic E-state index is 11.5. The Bertz CT molecular complexity index is 471. The first kappa shape index (κ1) is 13.6. The highest BCUT2D eigenvalue weighted by atomic mass is 16.6. The monoisotopic (exact) mass is 252 g/mol. The van der Waals surface area contributed by atoms with Crippen molar-refractivity contribution in [2.45, 2.75) is 12.5 Å². The first-order valence-corrected chi connectivity index (χ1v) is 4.99. The Labute approximate surface area is 102 Å². The molecule has 0 fully saturated rings. The number of carbonyl (C=O) groups is 2. The number of amides is 2. The highest BCUT2D eigenvalue weighted by Crippen LogP contribution is 2.15. The van der Waals surface area contributed by atoms with Crippen LogP contribution in [-0.2, 0) is 9.59 Å². The van der Waals surface area contributed by atoms with E-state index in [2.05, 4.69) is 5.32 Å². The summed E-state index contributed by atoms with van der Waals surface area (Å²) in [6.45, 7) is 0. The zero-order chi connectivity index (χ0) is 13.7. The van der Waals surface area contributed by atoms with Crippen molar-refractivity contribution >= 4 is 23.2 Å². The second-order valence-electron chi connectivity index (χ2n) is 3.57. The molecule has 18 heavy (non-hydrogen) atoms. The van der Waals surface area contributed by atoms with Gasteiger partial charge in [-0.1, -0.05) is 0 Å². The lowest BCUT2D eigenvalue weighted by Gasteiger charge is -2.10. The highest BCUT2D eigenvalue weighted by Gasteiger charge is 2.16. The number of benzene rings is 1. The van der Waals surface area contributed by atoms with Gasteiger partial charge in [0.05, 0.1) is 17.4 Å². The van der Waals surface area contributed by atoms with E-state index < -0.39 is 22.8 Å². The molecule has 0 aliphatic rings. The van der Waals surface area contributed by atoms with Gasteiger partial charge in [0.1, 0.15) is 0 Å². The molecule has 96 valence electrons. The van der Waals surface area contributed by atoms with Crippen molar-refractivity contribution in [2.24, 2.45) is 11.5 Å². The Morgan fingerprint density at radius 1 is 1.33 bits per heavy atom. The van der Waals surface area contributed by atoms with E-state index in [9.17, 15) is 19.7 Å². The molecule has 1 aromatic rings. The quantitative estimate of drug-likeness (QED) is 0.488. The topological polar surface area (TPSA) is 141 Å². The van der Waals surface area contributed by atoms with Crippen molar-refractivity contribution < 1.29 is 14.5 Å². The summed E-state index contributed by atoms with van der Waals surface area (Å²) in [4.78, 5) is 31.9. The number of nitro groups is 1. The minimum absolute atomic E-state index is 0.0885. The van der Waals surface area contributed by atoms with E-state index in [1.165, 1.54) is 24.3 Å². The van der Waals surface area contributed by atoms with Crippen molar-refractivity contribution in [1.82, 2.24) is 0 Å². The number of anilines is 1. The van der Waals surface area contributed by atoms with Gasteiger partial charge < -0.3 is 16.8 Å². The van der Waals surface area contributed by atoms with Crippen LogP contribution in [0.3, 0.4) is 0 Å². The van der Waals surface area contributed by atoms with Crippen molar-refractivity contribution in [3.8, 4) is 0 Å². The number of nitrogens with two attached hydrogens (primary N) is 2. The fourth-order valence-electron chi connectivity index (χ4n) is 1.21. The van der Waals surface area contributed by atoms with Gasteiger partial charge in [-0.25, -0.2) is 0 Å². The number of nitro benzene ring substituents is 1. The molecule has 1 atom stereocenters. The van der Waals surface area contributed by atoms with Gasteiger partial charge in [-0.3, -0.25) is 19.7 Å². The van der Waals surface area contributed by atoms with Gasteiger partial charge in [0.15, 0.2) is 0 Å². The first-order valence-electron chi connectivity index (χ1n) is 4.99. The first-order chi connectivity index (χ1) is 8.40. The highest BCUT2D eigenvalue weighted by molar-refractivity contribution is 5.97. The number of non-ortho nitro benzene ring substituents is 1. The minimum atomic E-state index is -1.04. The van der Waals surface area contributed by atoms with Crippen LogP contribution < -0.4 is 16.8 Å². The van der Waals surface area contributed by atoms with Gasteiger partial charge in [0.25, 0.3) is 5.69 Å². The third-order valence-corrected chi connectivity index (χ3v) is 2.10. The third kappa shape index (κ3) is 3.83. The van der Waals surface area contributed by atoms with E-state index in [1.807, 2.05) is 0 Å². The fourth-order valence-corrected chi connectivity index (χ4v) is 1.21. The zero-order valence-corrected chi connectivity index (χ0v) is 9.33. The summed E-state index contributed by atoms with van der Waals surface area (Å²) in [6, 6.07) is 4.18. The maximum absolute atomic E-state index is 11.5. The maximum Gasteiger partial charge on any atom is 0.269 e. The van der Waals surface area contributed by atoms with E-state index in [0.29, 0.717) is 5.69 Å². The number of carbonyl (C=O) groups excluding carboxylic acids is 2. The van der Waals surface area contributed by atoms with Crippen LogP contribution in [0.5, 0.6) is 0 Å². The number of rotatable bonds is 5. The van der Waals surface area contributed by atoms with Crippen LogP contribution in [0.4, 0.5) is 11.4 Å². The molecule has 2 amide bonds. The van der Waals surface area contributed by atoms with Crippen LogP contribution in [0.2, 0.25) is 0 Å². The van der Waals surface area contributed by atoms with Crippen LogP contribution in [-0.4, -0.2) is 22.8 Å². The molecule has 5 N–H and O–H groups in total. The van der Waals surface area contributed by atoms with Gasteiger partial charge >= 0.3 is 0 Å². The Morgan fingerprint density at radius 3 is 2.33 bits per heavy atom. The van der Waals surface area contributed by atoms with Crippen molar-refractivity contribution in [1.29, 1.82) is 0 Å². The van der Waals surface area contributed by atoms with Crippen LogP contribution in [0, 0.1) is 10.1 Å². The lowest BCUT2D eigenvalue weighted by atomic mass is 10.2. The summed E-state index contributed by atoms with van der Waals surface area (Å²) in [5.41, 5.74) is 10.6. The molecule has 0 aromatic heterocycles. The predicted octanol–water partition coefficient (Wildman–Crippen LogP) is -0.264. The number of primary amides is 1. The van der Waals surface area contributed by atoms with Crippen molar-refractivity contribution in [3.05, 3.63) is 34.4 Å². The molecule has 0 heterocycles. The predicted molar refractivity (Wildman–Crippen MR) is 63.5 cm³/mol. The largest absolute Gasteiger partial charge is 0.370 e. The smallest absolute Gasteiger partial charge is 0.269 e. The van der Waals surface area contributed by atoms with E-state index in [-0.39, 0.29) is 12.1 Å².